The third kappa shape index (κ3) is 1.88. The van der Waals surface area contributed by atoms with Crippen LogP contribution < -0.4 is 0 Å². The highest BCUT2D eigenvalue weighted by Gasteiger charge is 2.25. The van der Waals surface area contributed by atoms with Gasteiger partial charge < -0.3 is 0 Å². The maximum Gasteiger partial charge on any atom is 0.0532 e. The molecule has 0 amide bonds. The van der Waals surface area contributed by atoms with Crippen LogP contribution in [0.15, 0.2) is 22.9 Å². The second kappa shape index (κ2) is 5.28. The Balaban J connectivity index is 2.17. The minimum atomic E-state index is 0.545. The molecule has 0 nitrogen and oxygen atoms in total. The highest BCUT2D eigenvalue weighted by molar-refractivity contribution is 7.34. The lowest BCUT2D eigenvalue weighted by atomic mass is 9.91. The molecule has 0 N–H and O–H groups in total. The van der Waals surface area contributed by atoms with E-state index in [0.29, 0.717) is 11.8 Å². The molecular weight excluding hydrogens is 368 g/mol. The molecule has 0 saturated carbocycles. The molecule has 122 valence electrons. The maximum atomic E-state index is 2.36. The average Bonchev–Trinajstić information content (AvgIpc) is 3.23. The van der Waals surface area contributed by atoms with Crippen molar-refractivity contribution in [2.24, 2.45) is 0 Å². The number of hydrogen-bond acceptors (Lipinski definition) is 4. The summed E-state index contributed by atoms with van der Waals surface area (Å²) in [5, 5.41) is 7.59. The number of fused-ring (bicyclic) bond motifs is 6. The van der Waals surface area contributed by atoms with Gasteiger partial charge in [0.1, 0.15) is 0 Å². The van der Waals surface area contributed by atoms with Crippen LogP contribution in [0.5, 0.6) is 0 Å². The smallest absolute Gasteiger partial charge is 0.0532 e. The Kier molecular flexibility index (Phi) is 3.37. The largest absolute Gasteiger partial charge is 0.142 e. The summed E-state index contributed by atoms with van der Waals surface area (Å²) in [7, 11) is 0. The van der Waals surface area contributed by atoms with Crippen molar-refractivity contribution in [2.45, 2.75) is 39.5 Å². The van der Waals surface area contributed by atoms with Gasteiger partial charge in [0.2, 0.25) is 0 Å². The summed E-state index contributed by atoms with van der Waals surface area (Å²) in [6.07, 6.45) is 0. The minimum absolute atomic E-state index is 0.545. The SMILES string of the molecule is CC(C)c1c2sc3ccsc3c2c(C(C)C)c2sc3ccsc3c12. The molecule has 4 heteroatoms. The average molecular weight is 387 g/mol. The first-order valence-corrected chi connectivity index (χ1v) is 11.7. The van der Waals surface area contributed by atoms with Crippen LogP contribution in [-0.4, -0.2) is 0 Å². The predicted octanol–water partition coefficient (Wildman–Crippen LogP) is 8.79. The fourth-order valence-corrected chi connectivity index (χ4v) is 9.02. The lowest BCUT2D eigenvalue weighted by molar-refractivity contribution is 0.877. The second-order valence-corrected chi connectivity index (χ2v) is 10.9. The number of benzene rings is 1. The Bertz CT molecular complexity index is 1110. The van der Waals surface area contributed by atoms with Crippen LogP contribution in [0, 0.1) is 0 Å². The van der Waals surface area contributed by atoms with Gasteiger partial charge in [0.05, 0.1) is 9.40 Å². The molecule has 5 rings (SSSR count). The third-order valence-corrected chi connectivity index (χ3v) is 9.27. The van der Waals surface area contributed by atoms with Crippen LogP contribution in [0.3, 0.4) is 0 Å². The van der Waals surface area contributed by atoms with E-state index in [2.05, 4.69) is 50.6 Å². The topological polar surface area (TPSA) is 0 Å². The minimum Gasteiger partial charge on any atom is -0.142 e. The summed E-state index contributed by atoms with van der Waals surface area (Å²) in [6, 6.07) is 4.60. The quantitative estimate of drug-likeness (QED) is 0.284. The van der Waals surface area contributed by atoms with Crippen molar-refractivity contribution in [3.8, 4) is 0 Å². The number of rotatable bonds is 2. The van der Waals surface area contributed by atoms with Crippen LogP contribution in [0.2, 0.25) is 0 Å². The predicted molar refractivity (Wildman–Crippen MR) is 116 cm³/mol. The first-order chi connectivity index (χ1) is 11.6. The van der Waals surface area contributed by atoms with Crippen LogP contribution in [0.1, 0.15) is 50.7 Å². The Hall–Kier alpha value is -0.940. The van der Waals surface area contributed by atoms with E-state index >= 15 is 0 Å². The number of hydrogen-bond donors (Lipinski definition) is 0. The van der Waals surface area contributed by atoms with Crippen LogP contribution >= 0.6 is 45.3 Å². The fraction of sp³-hybridized carbons (Fsp3) is 0.300. The summed E-state index contributed by atoms with van der Waals surface area (Å²) in [5.74, 6) is 1.09. The van der Waals surface area contributed by atoms with Crippen LogP contribution in [0.25, 0.3) is 39.0 Å². The third-order valence-electron chi connectivity index (χ3n) is 4.77. The van der Waals surface area contributed by atoms with E-state index in [4.69, 9.17) is 0 Å². The molecule has 0 bridgehead atoms. The van der Waals surface area contributed by atoms with Gasteiger partial charge in [-0.3, -0.25) is 0 Å². The van der Waals surface area contributed by atoms with Crippen molar-refractivity contribution >= 4 is 84.3 Å². The summed E-state index contributed by atoms with van der Waals surface area (Å²) in [5.41, 5.74) is 3.15. The van der Waals surface area contributed by atoms with E-state index < -0.39 is 0 Å². The first kappa shape index (κ1) is 15.3. The van der Waals surface area contributed by atoms with Crippen molar-refractivity contribution in [3.63, 3.8) is 0 Å². The molecule has 0 aliphatic carbocycles. The van der Waals surface area contributed by atoms with Gasteiger partial charge in [-0.05, 0) is 45.9 Å². The lowest BCUT2D eigenvalue weighted by Crippen LogP contribution is -1.95. The monoisotopic (exact) mass is 386 g/mol. The van der Waals surface area contributed by atoms with E-state index in [1.807, 2.05) is 45.3 Å². The molecule has 0 aliphatic rings. The summed E-state index contributed by atoms with van der Waals surface area (Å²) < 4.78 is 8.99. The van der Waals surface area contributed by atoms with Gasteiger partial charge >= 0.3 is 0 Å². The molecule has 0 fully saturated rings. The van der Waals surface area contributed by atoms with Gasteiger partial charge in [0.15, 0.2) is 0 Å². The van der Waals surface area contributed by atoms with E-state index in [1.165, 1.54) is 28.2 Å². The normalized spacial score (nSPS) is 12.9. The molecule has 4 aromatic heterocycles. The van der Waals surface area contributed by atoms with Crippen molar-refractivity contribution < 1.29 is 0 Å². The zero-order valence-corrected chi connectivity index (χ0v) is 17.4. The van der Waals surface area contributed by atoms with Gasteiger partial charge in [-0.25, -0.2) is 0 Å². The Morgan fingerprint density at radius 2 is 1.04 bits per heavy atom. The standard InChI is InChI=1S/C20H18S4/c1-9(2)13-15-17-11(5-7-21-17)24-20(15)14(10(3)4)16-18-12(6-8-22-18)23-19(13)16/h5-10H,1-4H3. The molecular formula is C20H18S4. The van der Waals surface area contributed by atoms with Gasteiger partial charge in [-0.1, -0.05) is 27.7 Å². The summed E-state index contributed by atoms with van der Waals surface area (Å²) in [4.78, 5) is 0. The van der Waals surface area contributed by atoms with E-state index in [0.717, 1.165) is 0 Å². The highest BCUT2D eigenvalue weighted by atomic mass is 32.1. The van der Waals surface area contributed by atoms with Gasteiger partial charge in [-0.15, -0.1) is 45.3 Å². The van der Waals surface area contributed by atoms with Gasteiger partial charge in [0.25, 0.3) is 0 Å². The van der Waals surface area contributed by atoms with Crippen molar-refractivity contribution in [1.82, 2.24) is 0 Å². The number of thiophene rings is 4. The van der Waals surface area contributed by atoms with Crippen molar-refractivity contribution in [1.29, 1.82) is 0 Å². The molecule has 0 spiro atoms. The zero-order chi connectivity index (χ0) is 16.6. The molecule has 0 atom stereocenters. The molecule has 0 aliphatic heterocycles. The zero-order valence-electron chi connectivity index (χ0n) is 14.1. The molecule has 5 aromatic rings. The van der Waals surface area contributed by atoms with Crippen LogP contribution in [-0.2, 0) is 0 Å². The Morgan fingerprint density at radius 3 is 1.42 bits per heavy atom. The molecule has 0 unspecified atom stereocenters. The van der Waals surface area contributed by atoms with Gasteiger partial charge in [-0.2, -0.15) is 0 Å². The van der Waals surface area contributed by atoms with Crippen molar-refractivity contribution in [3.05, 3.63) is 34.0 Å². The second-order valence-electron chi connectivity index (χ2n) is 6.98. The molecule has 0 saturated heterocycles. The Morgan fingerprint density at radius 1 is 0.625 bits per heavy atom. The van der Waals surface area contributed by atoms with Crippen LogP contribution in [0.4, 0.5) is 0 Å². The molecule has 1 aromatic carbocycles. The van der Waals surface area contributed by atoms with Crippen molar-refractivity contribution in [2.75, 3.05) is 0 Å². The van der Waals surface area contributed by atoms with Gasteiger partial charge in [0, 0.05) is 29.6 Å². The van der Waals surface area contributed by atoms with E-state index in [9.17, 15) is 0 Å². The highest BCUT2D eigenvalue weighted by Crippen LogP contribution is 2.52. The lowest BCUT2D eigenvalue weighted by Gasteiger charge is -2.16. The van der Waals surface area contributed by atoms with E-state index in [1.54, 1.807) is 21.9 Å². The fourth-order valence-electron chi connectivity index (χ4n) is 3.85. The summed E-state index contributed by atoms with van der Waals surface area (Å²) in [6.45, 7) is 9.42. The van der Waals surface area contributed by atoms with E-state index in [-0.39, 0.29) is 0 Å². The molecule has 0 radical (unpaired) electrons. The summed E-state index contributed by atoms with van der Waals surface area (Å²) >= 11 is 7.83. The first-order valence-electron chi connectivity index (χ1n) is 8.33. The Labute approximate surface area is 157 Å². The maximum absolute atomic E-state index is 2.36. The molecule has 4 heterocycles. The molecule has 24 heavy (non-hydrogen) atoms.